The van der Waals surface area contributed by atoms with Crippen LogP contribution in [0.5, 0.6) is 0 Å². The molecule has 1 aromatic carbocycles. The van der Waals surface area contributed by atoms with Gasteiger partial charge in [-0.2, -0.15) is 0 Å². The first-order valence-corrected chi connectivity index (χ1v) is 6.71. The molecule has 0 aliphatic heterocycles. The highest BCUT2D eigenvalue weighted by atomic mass is 35.5. The minimum Gasteiger partial charge on any atom is -0.481 e. The lowest BCUT2D eigenvalue weighted by atomic mass is 10.1. The molecule has 1 atom stereocenters. The molecule has 102 valence electrons. The average molecular weight is 302 g/mol. The van der Waals surface area contributed by atoms with E-state index in [0.29, 0.717) is 5.02 Å². The Morgan fingerprint density at radius 2 is 2.05 bits per heavy atom. The SMILES string of the molecule is O=C(O)CC(NC(=O)c1cccc(Cl)c1Cl)C1CC1. The maximum atomic E-state index is 12.1. The van der Waals surface area contributed by atoms with E-state index in [1.54, 1.807) is 18.2 Å². The van der Waals surface area contributed by atoms with Gasteiger partial charge >= 0.3 is 5.97 Å². The van der Waals surface area contributed by atoms with E-state index in [9.17, 15) is 9.59 Å². The highest BCUT2D eigenvalue weighted by Crippen LogP contribution is 2.34. The molecule has 1 aliphatic carbocycles. The van der Waals surface area contributed by atoms with Gasteiger partial charge in [0, 0.05) is 6.04 Å². The molecule has 4 nitrogen and oxygen atoms in total. The van der Waals surface area contributed by atoms with Crippen LogP contribution in [0.1, 0.15) is 29.6 Å². The van der Waals surface area contributed by atoms with E-state index in [1.807, 2.05) is 0 Å². The highest BCUT2D eigenvalue weighted by Gasteiger charge is 2.34. The molecule has 2 rings (SSSR count). The second kappa shape index (κ2) is 5.80. The van der Waals surface area contributed by atoms with Crippen LogP contribution < -0.4 is 5.32 Å². The molecule has 0 radical (unpaired) electrons. The standard InChI is InChI=1S/C13H13Cl2NO3/c14-9-3-1-2-8(12(9)15)13(19)16-10(6-11(17)18)7-4-5-7/h1-3,7,10H,4-6H2,(H,16,19)(H,17,18). The fourth-order valence-corrected chi connectivity index (χ4v) is 2.33. The lowest BCUT2D eigenvalue weighted by Crippen LogP contribution is -2.38. The summed E-state index contributed by atoms with van der Waals surface area (Å²) in [4.78, 5) is 22.9. The Morgan fingerprint density at radius 3 is 2.63 bits per heavy atom. The predicted molar refractivity (Wildman–Crippen MR) is 72.7 cm³/mol. The van der Waals surface area contributed by atoms with E-state index in [4.69, 9.17) is 28.3 Å². The molecule has 0 saturated heterocycles. The van der Waals surface area contributed by atoms with Crippen LogP contribution in [0.25, 0.3) is 0 Å². The van der Waals surface area contributed by atoms with Gasteiger partial charge in [0.15, 0.2) is 0 Å². The van der Waals surface area contributed by atoms with Crippen LogP contribution in [0.4, 0.5) is 0 Å². The smallest absolute Gasteiger partial charge is 0.305 e. The average Bonchev–Trinajstić information content (AvgIpc) is 3.15. The number of nitrogens with one attached hydrogen (secondary N) is 1. The van der Waals surface area contributed by atoms with Crippen molar-refractivity contribution >= 4 is 35.1 Å². The van der Waals surface area contributed by atoms with E-state index in [1.165, 1.54) is 0 Å². The minimum atomic E-state index is -0.922. The number of carbonyl (C=O) groups is 2. The Kier molecular flexibility index (Phi) is 4.32. The number of rotatable bonds is 5. The number of amides is 1. The maximum absolute atomic E-state index is 12.1. The first-order chi connectivity index (χ1) is 8.99. The van der Waals surface area contributed by atoms with Crippen molar-refractivity contribution in [2.24, 2.45) is 5.92 Å². The summed E-state index contributed by atoms with van der Waals surface area (Å²) >= 11 is 11.8. The van der Waals surface area contributed by atoms with Gasteiger partial charge in [-0.05, 0) is 30.9 Å². The summed E-state index contributed by atoms with van der Waals surface area (Å²) in [6.07, 6.45) is 1.82. The summed E-state index contributed by atoms with van der Waals surface area (Å²) in [5.74, 6) is -1.06. The molecule has 6 heteroatoms. The summed E-state index contributed by atoms with van der Waals surface area (Å²) in [6.45, 7) is 0. The van der Waals surface area contributed by atoms with Crippen molar-refractivity contribution in [1.82, 2.24) is 5.32 Å². The molecule has 1 saturated carbocycles. The second-order valence-electron chi connectivity index (χ2n) is 4.62. The Labute approximate surface area is 120 Å². The van der Waals surface area contributed by atoms with Crippen LogP contribution in [-0.4, -0.2) is 23.0 Å². The van der Waals surface area contributed by atoms with E-state index in [2.05, 4.69) is 5.32 Å². The van der Waals surface area contributed by atoms with Crippen LogP contribution in [-0.2, 0) is 4.79 Å². The van der Waals surface area contributed by atoms with Crippen LogP contribution >= 0.6 is 23.2 Å². The molecule has 0 aromatic heterocycles. The molecule has 19 heavy (non-hydrogen) atoms. The molecule has 1 aliphatic rings. The predicted octanol–water partition coefficient (Wildman–Crippen LogP) is 2.98. The van der Waals surface area contributed by atoms with Crippen LogP contribution in [0.3, 0.4) is 0 Å². The van der Waals surface area contributed by atoms with Gasteiger partial charge < -0.3 is 10.4 Å². The van der Waals surface area contributed by atoms with Gasteiger partial charge in [-0.1, -0.05) is 29.3 Å². The molecule has 1 unspecified atom stereocenters. The zero-order valence-corrected chi connectivity index (χ0v) is 11.5. The Balaban J connectivity index is 2.10. The molecule has 0 spiro atoms. The highest BCUT2D eigenvalue weighted by molar-refractivity contribution is 6.43. The summed E-state index contributed by atoms with van der Waals surface area (Å²) in [6, 6.07) is 4.44. The summed E-state index contributed by atoms with van der Waals surface area (Å²) in [7, 11) is 0. The van der Waals surface area contributed by atoms with Gasteiger partial charge in [-0.15, -0.1) is 0 Å². The zero-order chi connectivity index (χ0) is 14.0. The molecular weight excluding hydrogens is 289 g/mol. The molecule has 0 heterocycles. The van der Waals surface area contributed by atoms with Gasteiger partial charge in [-0.3, -0.25) is 9.59 Å². The number of aliphatic carboxylic acids is 1. The molecular formula is C13H13Cl2NO3. The van der Waals surface area contributed by atoms with Crippen molar-refractivity contribution in [1.29, 1.82) is 0 Å². The fraction of sp³-hybridized carbons (Fsp3) is 0.385. The number of halogens is 2. The van der Waals surface area contributed by atoms with Crippen LogP contribution in [0, 0.1) is 5.92 Å². The number of hydrogen-bond acceptors (Lipinski definition) is 2. The van der Waals surface area contributed by atoms with Crippen molar-refractivity contribution in [2.75, 3.05) is 0 Å². The van der Waals surface area contributed by atoms with Gasteiger partial charge in [-0.25, -0.2) is 0 Å². The minimum absolute atomic E-state index is 0.0748. The summed E-state index contributed by atoms with van der Waals surface area (Å²) in [5.41, 5.74) is 0.269. The third kappa shape index (κ3) is 3.61. The molecule has 0 bridgehead atoms. The van der Waals surface area contributed by atoms with Crippen molar-refractivity contribution in [3.63, 3.8) is 0 Å². The molecule has 1 aromatic rings. The topological polar surface area (TPSA) is 66.4 Å². The first kappa shape index (κ1) is 14.2. The number of carboxylic acids is 1. The van der Waals surface area contributed by atoms with Gasteiger partial charge in [0.2, 0.25) is 0 Å². The lowest BCUT2D eigenvalue weighted by Gasteiger charge is -2.16. The Morgan fingerprint density at radius 1 is 1.37 bits per heavy atom. The lowest BCUT2D eigenvalue weighted by molar-refractivity contribution is -0.137. The molecule has 1 fully saturated rings. The normalized spacial score (nSPS) is 15.9. The monoisotopic (exact) mass is 301 g/mol. The van der Waals surface area contributed by atoms with Crippen LogP contribution in [0.15, 0.2) is 18.2 Å². The van der Waals surface area contributed by atoms with Gasteiger partial charge in [0.25, 0.3) is 5.91 Å². The van der Waals surface area contributed by atoms with Crippen molar-refractivity contribution in [3.8, 4) is 0 Å². The second-order valence-corrected chi connectivity index (χ2v) is 5.40. The molecule has 2 N–H and O–H groups in total. The Bertz CT molecular complexity index is 515. The number of hydrogen-bond donors (Lipinski definition) is 2. The quantitative estimate of drug-likeness (QED) is 0.878. The first-order valence-electron chi connectivity index (χ1n) is 5.95. The summed E-state index contributed by atoms with van der Waals surface area (Å²) in [5, 5.41) is 12.1. The fourth-order valence-electron chi connectivity index (χ4n) is 1.95. The van der Waals surface area contributed by atoms with Crippen molar-refractivity contribution in [3.05, 3.63) is 33.8 Å². The van der Waals surface area contributed by atoms with E-state index in [0.717, 1.165) is 12.8 Å². The zero-order valence-electron chi connectivity index (χ0n) is 10.0. The van der Waals surface area contributed by atoms with E-state index < -0.39 is 5.97 Å². The van der Waals surface area contributed by atoms with Crippen molar-refractivity contribution in [2.45, 2.75) is 25.3 Å². The Hall–Kier alpha value is -1.26. The molecule has 1 amide bonds. The number of carboxylic acid groups (broad SMARTS) is 1. The van der Waals surface area contributed by atoms with Crippen LogP contribution in [0.2, 0.25) is 10.0 Å². The number of benzene rings is 1. The third-order valence-electron chi connectivity index (χ3n) is 3.10. The number of carbonyl (C=O) groups excluding carboxylic acids is 1. The van der Waals surface area contributed by atoms with Gasteiger partial charge in [0.1, 0.15) is 0 Å². The van der Waals surface area contributed by atoms with E-state index in [-0.39, 0.29) is 34.9 Å². The summed E-state index contributed by atoms with van der Waals surface area (Å²) < 4.78 is 0. The van der Waals surface area contributed by atoms with Gasteiger partial charge in [0.05, 0.1) is 22.0 Å². The van der Waals surface area contributed by atoms with E-state index >= 15 is 0 Å². The maximum Gasteiger partial charge on any atom is 0.305 e. The third-order valence-corrected chi connectivity index (χ3v) is 3.92. The largest absolute Gasteiger partial charge is 0.481 e. The van der Waals surface area contributed by atoms with Crippen molar-refractivity contribution < 1.29 is 14.7 Å².